The fourth-order valence-electron chi connectivity index (χ4n) is 14.7. The Balaban J connectivity index is 1.20. The van der Waals surface area contributed by atoms with E-state index in [9.17, 15) is 0 Å². The fraction of sp³-hybridized carbons (Fsp3) is 0.662. The molecule has 83 heavy (non-hydrogen) atoms. The zero-order valence-electron chi connectivity index (χ0n) is 55.9. The van der Waals surface area contributed by atoms with E-state index in [2.05, 4.69) is 169 Å². The van der Waals surface area contributed by atoms with Gasteiger partial charge >= 0.3 is 0 Å². The first-order valence-corrected chi connectivity index (χ1v) is 35.8. The van der Waals surface area contributed by atoms with Crippen LogP contribution in [0.2, 0.25) is 0 Å². The third kappa shape index (κ3) is 20.5. The van der Waals surface area contributed by atoms with Gasteiger partial charge in [0.05, 0.1) is 5.41 Å². The Hall–Kier alpha value is -4.11. The average molecular weight is 1130 g/mol. The molecular formula is C80H126N3+. The van der Waals surface area contributed by atoms with Crippen molar-refractivity contribution in [3.63, 3.8) is 0 Å². The Labute approximate surface area is 513 Å². The van der Waals surface area contributed by atoms with Crippen LogP contribution >= 0.6 is 0 Å². The Morgan fingerprint density at radius 3 is 1.42 bits per heavy atom. The van der Waals surface area contributed by atoms with Gasteiger partial charge in [-0.2, -0.15) is 4.58 Å². The molecule has 0 saturated carbocycles. The molecule has 2 heterocycles. The van der Waals surface area contributed by atoms with E-state index in [1.807, 2.05) is 0 Å². The Kier molecular flexibility index (Phi) is 30.7. The van der Waals surface area contributed by atoms with Gasteiger partial charge in [0.15, 0.2) is 5.71 Å². The molecule has 0 radical (unpaired) electrons. The van der Waals surface area contributed by atoms with Gasteiger partial charge < -0.3 is 9.80 Å². The molecule has 2 aliphatic heterocycles. The Morgan fingerprint density at radius 2 is 0.940 bits per heavy atom. The summed E-state index contributed by atoms with van der Waals surface area (Å²) in [5, 5.41) is 0. The zero-order chi connectivity index (χ0) is 59.1. The summed E-state index contributed by atoms with van der Waals surface area (Å²) in [5.74, 6) is 0. The summed E-state index contributed by atoms with van der Waals surface area (Å²) in [7, 11) is 0. The summed E-state index contributed by atoms with van der Waals surface area (Å²) in [6.45, 7) is 28.4. The summed E-state index contributed by atoms with van der Waals surface area (Å²) in [5.41, 5.74) is 18.6. The van der Waals surface area contributed by atoms with Gasteiger partial charge in [0, 0.05) is 66.2 Å². The number of hydrogen-bond acceptors (Lipinski definition) is 2. The molecule has 3 nitrogen and oxygen atoms in total. The highest BCUT2D eigenvalue weighted by Gasteiger charge is 2.44. The SMILES string of the molecule is CCCCCCCCCCCCCCCCCCN(CCCCCCCCCCCCCCCCCC)c1cc(C)c(C2=C(C=CC3=[N+](CCC)c4ccccc4C3(C)C)CCCC2=CC=C2N(CCC)c3ccccc3C2(C)C)c(C)c1. The van der Waals surface area contributed by atoms with Gasteiger partial charge in [-0.3, -0.25) is 0 Å². The molecule has 0 N–H and O–H groups in total. The van der Waals surface area contributed by atoms with Crippen LogP contribution in [0.1, 0.15) is 321 Å². The van der Waals surface area contributed by atoms with Crippen molar-refractivity contribution < 1.29 is 4.58 Å². The molecule has 460 valence electrons. The third-order valence-corrected chi connectivity index (χ3v) is 19.6. The summed E-state index contributed by atoms with van der Waals surface area (Å²) < 4.78 is 2.62. The molecular weight excluding hydrogens is 1000 g/mol. The molecule has 1 aliphatic carbocycles. The molecule has 0 amide bonds. The van der Waals surface area contributed by atoms with E-state index >= 15 is 0 Å². The van der Waals surface area contributed by atoms with Crippen LogP contribution in [0.5, 0.6) is 0 Å². The maximum Gasteiger partial charge on any atom is 0.209 e. The molecule has 0 spiro atoms. The number of fused-ring (bicyclic) bond motifs is 2. The van der Waals surface area contributed by atoms with Gasteiger partial charge in [-0.15, -0.1) is 0 Å². The van der Waals surface area contributed by atoms with E-state index in [0.29, 0.717) is 0 Å². The molecule has 0 aromatic heterocycles. The first-order valence-electron chi connectivity index (χ1n) is 35.8. The molecule has 3 aliphatic rings. The number of para-hydroxylation sites is 2. The standard InChI is InChI=1S/C80H126N3/c1-11-15-17-19-21-23-25-27-29-31-33-35-37-39-41-47-62-81(63-48-42-40-38-36-34-32-30-28-26-24-22-20-18-16-12-2)70-64-66(5)77(67(6)65-70)78-68(56-58-75-79(7,8)71-52-43-45-54-73(71)82(75)60-13-3)50-49-51-69(78)57-59-76-80(9,10)72-53-44-46-55-74(72)83(76)61-14-4/h43-46,52-59,64-65H,11-42,47-51,60-63H2,1-10H3/q+1. The van der Waals surface area contributed by atoms with Gasteiger partial charge in [0.1, 0.15) is 6.54 Å². The van der Waals surface area contributed by atoms with Crippen molar-refractivity contribution in [3.05, 3.63) is 130 Å². The lowest BCUT2D eigenvalue weighted by atomic mass is 9.78. The first-order chi connectivity index (χ1) is 40.5. The number of aryl methyl sites for hydroxylation is 2. The van der Waals surface area contributed by atoms with Crippen LogP contribution in [0.25, 0.3) is 5.57 Å². The molecule has 0 fully saturated rings. The highest BCUT2D eigenvalue weighted by Crippen LogP contribution is 2.49. The van der Waals surface area contributed by atoms with E-state index < -0.39 is 0 Å². The number of anilines is 2. The molecule has 0 atom stereocenters. The van der Waals surface area contributed by atoms with Crippen molar-refractivity contribution in [1.82, 2.24) is 0 Å². The van der Waals surface area contributed by atoms with E-state index in [1.165, 1.54) is 298 Å². The van der Waals surface area contributed by atoms with Crippen LogP contribution in [0, 0.1) is 13.8 Å². The topological polar surface area (TPSA) is 9.49 Å². The van der Waals surface area contributed by atoms with Crippen LogP contribution in [0.4, 0.5) is 17.1 Å². The van der Waals surface area contributed by atoms with Crippen LogP contribution < -0.4 is 9.80 Å². The third-order valence-electron chi connectivity index (χ3n) is 19.6. The van der Waals surface area contributed by atoms with Crippen LogP contribution in [-0.2, 0) is 10.8 Å². The minimum Gasteiger partial charge on any atom is -0.372 e. The highest BCUT2D eigenvalue weighted by molar-refractivity contribution is 6.03. The normalized spacial score (nSPS) is 16.6. The van der Waals surface area contributed by atoms with Crippen molar-refractivity contribution in [1.29, 1.82) is 0 Å². The number of unbranched alkanes of at least 4 members (excludes halogenated alkanes) is 30. The summed E-state index contributed by atoms with van der Waals surface area (Å²) >= 11 is 0. The van der Waals surface area contributed by atoms with Crippen molar-refractivity contribution in [2.24, 2.45) is 0 Å². The number of allylic oxidation sites excluding steroid dienone is 8. The molecule has 6 rings (SSSR count). The largest absolute Gasteiger partial charge is 0.372 e. The van der Waals surface area contributed by atoms with E-state index in [4.69, 9.17) is 0 Å². The van der Waals surface area contributed by atoms with Gasteiger partial charge in [-0.25, -0.2) is 0 Å². The molecule has 3 heteroatoms. The van der Waals surface area contributed by atoms with Crippen LogP contribution in [0.15, 0.2) is 102 Å². The van der Waals surface area contributed by atoms with Gasteiger partial charge in [-0.1, -0.05) is 283 Å². The molecule has 0 saturated heterocycles. The maximum absolute atomic E-state index is 2.82. The van der Waals surface area contributed by atoms with Crippen LogP contribution in [-0.4, -0.2) is 36.5 Å². The number of rotatable bonds is 43. The summed E-state index contributed by atoms with van der Waals surface area (Å²) in [4.78, 5) is 5.44. The number of benzene rings is 3. The second-order valence-electron chi connectivity index (χ2n) is 27.4. The summed E-state index contributed by atoms with van der Waals surface area (Å²) in [6.07, 6.45) is 61.1. The molecule has 0 bridgehead atoms. The van der Waals surface area contributed by atoms with E-state index in [1.54, 1.807) is 0 Å². The van der Waals surface area contributed by atoms with Gasteiger partial charge in [0.25, 0.3) is 0 Å². The average Bonchev–Trinajstić information content (AvgIpc) is 3.56. The van der Waals surface area contributed by atoms with Gasteiger partial charge in [0.2, 0.25) is 5.69 Å². The minimum absolute atomic E-state index is 0.0671. The lowest BCUT2D eigenvalue weighted by molar-refractivity contribution is -0.437. The van der Waals surface area contributed by atoms with Crippen LogP contribution in [0.3, 0.4) is 0 Å². The van der Waals surface area contributed by atoms with Crippen molar-refractivity contribution in [2.45, 2.75) is 318 Å². The lowest BCUT2D eigenvalue weighted by Crippen LogP contribution is -2.28. The predicted octanol–water partition coefficient (Wildman–Crippen LogP) is 24.6. The molecule has 3 aromatic rings. The first kappa shape index (κ1) is 68.0. The minimum atomic E-state index is -0.0671. The number of hydrogen-bond donors (Lipinski definition) is 0. The lowest BCUT2D eigenvalue weighted by Gasteiger charge is -2.30. The van der Waals surface area contributed by atoms with Gasteiger partial charge in [-0.05, 0) is 129 Å². The van der Waals surface area contributed by atoms with Crippen molar-refractivity contribution in [3.8, 4) is 0 Å². The van der Waals surface area contributed by atoms with Crippen molar-refractivity contribution in [2.75, 3.05) is 36.0 Å². The monoisotopic (exact) mass is 1130 g/mol. The molecule has 3 aromatic carbocycles. The van der Waals surface area contributed by atoms with E-state index in [0.717, 1.165) is 38.8 Å². The Bertz CT molecular complexity index is 2440. The highest BCUT2D eigenvalue weighted by atomic mass is 15.2. The maximum atomic E-state index is 2.82. The zero-order valence-corrected chi connectivity index (χ0v) is 55.9. The Morgan fingerprint density at radius 1 is 0.482 bits per heavy atom. The quantitative estimate of drug-likeness (QED) is 0.0413. The van der Waals surface area contributed by atoms with Crippen molar-refractivity contribution >= 4 is 28.3 Å². The summed E-state index contributed by atoms with van der Waals surface area (Å²) in [6, 6.07) is 23.5. The predicted molar refractivity (Wildman–Crippen MR) is 370 cm³/mol. The molecule has 0 unspecified atom stereocenters. The smallest absolute Gasteiger partial charge is 0.209 e. The number of nitrogens with zero attached hydrogens (tertiary/aromatic N) is 3. The van der Waals surface area contributed by atoms with E-state index in [-0.39, 0.29) is 10.8 Å². The second kappa shape index (κ2) is 37.4. The second-order valence-corrected chi connectivity index (χ2v) is 27.4. The fourth-order valence-corrected chi connectivity index (χ4v) is 14.7.